The number of aliphatic hydroxyl groups is 1. The minimum Gasteiger partial charge on any atom is -0.386 e. The molecular formula is C13H17N5O. The number of rotatable bonds is 3. The third kappa shape index (κ3) is 1.98. The van der Waals surface area contributed by atoms with Gasteiger partial charge in [-0.05, 0) is 28.5 Å². The molecule has 3 rings (SSSR count). The summed E-state index contributed by atoms with van der Waals surface area (Å²) in [5, 5.41) is 22.1. The van der Waals surface area contributed by atoms with E-state index >= 15 is 0 Å². The molecule has 1 aliphatic rings. The molecule has 2 heterocycles. The molecule has 0 unspecified atom stereocenters. The standard InChI is InChI=1S/C13H17N5O/c1-10(2)13(19)8-17(9-13)12-14-15-16-18(12)11-6-4-3-5-7-11/h3-7,10,19H,8-9H2,1-2H3. The fourth-order valence-corrected chi connectivity index (χ4v) is 2.24. The van der Waals surface area contributed by atoms with Crippen molar-refractivity contribution in [3.8, 4) is 5.69 Å². The van der Waals surface area contributed by atoms with Crippen molar-refractivity contribution in [2.75, 3.05) is 18.0 Å². The van der Waals surface area contributed by atoms with Crippen molar-refractivity contribution in [2.45, 2.75) is 19.4 Å². The Kier molecular flexibility index (Phi) is 2.74. The number of para-hydroxylation sites is 1. The molecule has 19 heavy (non-hydrogen) atoms. The Morgan fingerprint density at radius 3 is 2.53 bits per heavy atom. The normalized spacial score (nSPS) is 17.6. The van der Waals surface area contributed by atoms with E-state index in [1.165, 1.54) is 0 Å². The van der Waals surface area contributed by atoms with E-state index in [9.17, 15) is 5.11 Å². The number of nitrogens with zero attached hydrogens (tertiary/aromatic N) is 5. The lowest BCUT2D eigenvalue weighted by molar-refractivity contribution is -0.0310. The summed E-state index contributed by atoms with van der Waals surface area (Å²) in [6.07, 6.45) is 0. The largest absolute Gasteiger partial charge is 0.386 e. The van der Waals surface area contributed by atoms with Crippen LogP contribution in [0.15, 0.2) is 30.3 Å². The molecule has 100 valence electrons. The Bertz CT molecular complexity index is 559. The summed E-state index contributed by atoms with van der Waals surface area (Å²) in [6.45, 7) is 5.19. The predicted octanol–water partition coefficient (Wildman–Crippen LogP) is 0.869. The van der Waals surface area contributed by atoms with Crippen molar-refractivity contribution in [3.05, 3.63) is 30.3 Å². The molecule has 2 aromatic rings. The molecular weight excluding hydrogens is 242 g/mol. The maximum Gasteiger partial charge on any atom is 0.250 e. The first-order valence-electron chi connectivity index (χ1n) is 6.41. The maximum atomic E-state index is 10.3. The highest BCUT2D eigenvalue weighted by molar-refractivity contribution is 5.44. The van der Waals surface area contributed by atoms with Gasteiger partial charge in [0.1, 0.15) is 5.60 Å². The van der Waals surface area contributed by atoms with Crippen LogP contribution in [0.1, 0.15) is 13.8 Å². The SMILES string of the molecule is CC(C)C1(O)CN(c2nnnn2-c2ccccc2)C1. The summed E-state index contributed by atoms with van der Waals surface area (Å²) in [7, 11) is 0. The molecule has 6 nitrogen and oxygen atoms in total. The van der Waals surface area contributed by atoms with E-state index in [0.717, 1.165) is 5.69 Å². The number of tetrazole rings is 1. The first kappa shape index (κ1) is 12.1. The number of hydrogen-bond donors (Lipinski definition) is 1. The molecule has 0 radical (unpaired) electrons. The summed E-state index contributed by atoms with van der Waals surface area (Å²) < 4.78 is 1.69. The van der Waals surface area contributed by atoms with Crippen molar-refractivity contribution in [1.82, 2.24) is 20.2 Å². The molecule has 6 heteroatoms. The predicted molar refractivity (Wildman–Crippen MR) is 71.2 cm³/mol. The second-order valence-electron chi connectivity index (χ2n) is 5.34. The lowest BCUT2D eigenvalue weighted by Crippen LogP contribution is -2.65. The monoisotopic (exact) mass is 259 g/mol. The maximum absolute atomic E-state index is 10.3. The highest BCUT2D eigenvalue weighted by Gasteiger charge is 2.45. The highest BCUT2D eigenvalue weighted by Crippen LogP contribution is 2.32. The molecule has 0 amide bonds. The molecule has 1 saturated heterocycles. The van der Waals surface area contributed by atoms with Gasteiger partial charge < -0.3 is 10.0 Å². The number of anilines is 1. The van der Waals surface area contributed by atoms with E-state index in [2.05, 4.69) is 15.5 Å². The fraction of sp³-hybridized carbons (Fsp3) is 0.462. The van der Waals surface area contributed by atoms with Gasteiger partial charge in [0.25, 0.3) is 5.95 Å². The summed E-state index contributed by atoms with van der Waals surface area (Å²) in [6, 6.07) is 9.75. The minimum atomic E-state index is -0.631. The van der Waals surface area contributed by atoms with Gasteiger partial charge in [-0.1, -0.05) is 37.1 Å². The van der Waals surface area contributed by atoms with Gasteiger partial charge in [0.2, 0.25) is 0 Å². The van der Waals surface area contributed by atoms with Crippen LogP contribution in [0.4, 0.5) is 5.95 Å². The van der Waals surface area contributed by atoms with E-state index in [4.69, 9.17) is 0 Å². The second kappa shape index (κ2) is 4.31. The van der Waals surface area contributed by atoms with Gasteiger partial charge in [0, 0.05) is 0 Å². The zero-order valence-electron chi connectivity index (χ0n) is 11.1. The molecule has 0 saturated carbocycles. The lowest BCUT2D eigenvalue weighted by atomic mass is 9.83. The molecule has 1 aromatic carbocycles. The van der Waals surface area contributed by atoms with Crippen molar-refractivity contribution in [3.63, 3.8) is 0 Å². The molecule has 1 fully saturated rings. The Hall–Kier alpha value is -1.95. The molecule has 0 aliphatic carbocycles. The molecule has 1 N–H and O–H groups in total. The molecule has 0 bridgehead atoms. The van der Waals surface area contributed by atoms with Crippen LogP contribution in [-0.2, 0) is 0 Å². The lowest BCUT2D eigenvalue weighted by Gasteiger charge is -2.48. The van der Waals surface area contributed by atoms with Crippen LogP contribution in [0.25, 0.3) is 5.69 Å². The van der Waals surface area contributed by atoms with Gasteiger partial charge in [-0.3, -0.25) is 0 Å². The van der Waals surface area contributed by atoms with Crippen LogP contribution in [-0.4, -0.2) is 44.0 Å². The number of benzene rings is 1. The summed E-state index contributed by atoms with van der Waals surface area (Å²) >= 11 is 0. The van der Waals surface area contributed by atoms with Gasteiger partial charge in [-0.2, -0.15) is 4.68 Å². The zero-order chi connectivity index (χ0) is 13.5. The smallest absolute Gasteiger partial charge is 0.250 e. The van der Waals surface area contributed by atoms with Gasteiger partial charge >= 0.3 is 0 Å². The second-order valence-corrected chi connectivity index (χ2v) is 5.34. The summed E-state index contributed by atoms with van der Waals surface area (Å²) in [5.41, 5.74) is 0.287. The Labute approximate surface area is 111 Å². The van der Waals surface area contributed by atoms with Gasteiger partial charge in [0.15, 0.2) is 0 Å². The van der Waals surface area contributed by atoms with Crippen LogP contribution in [0.2, 0.25) is 0 Å². The topological polar surface area (TPSA) is 67.1 Å². The third-order valence-electron chi connectivity index (χ3n) is 3.74. The molecule has 1 aliphatic heterocycles. The van der Waals surface area contributed by atoms with Gasteiger partial charge in [-0.15, -0.1) is 0 Å². The number of hydrogen-bond acceptors (Lipinski definition) is 5. The van der Waals surface area contributed by atoms with Crippen LogP contribution in [0.3, 0.4) is 0 Å². The van der Waals surface area contributed by atoms with Crippen molar-refractivity contribution in [2.24, 2.45) is 5.92 Å². The summed E-state index contributed by atoms with van der Waals surface area (Å²) in [5.74, 6) is 0.904. The zero-order valence-corrected chi connectivity index (χ0v) is 11.1. The highest BCUT2D eigenvalue weighted by atomic mass is 16.3. The van der Waals surface area contributed by atoms with E-state index < -0.39 is 5.60 Å². The van der Waals surface area contributed by atoms with Crippen LogP contribution in [0.5, 0.6) is 0 Å². The first-order chi connectivity index (χ1) is 9.10. The average molecular weight is 259 g/mol. The summed E-state index contributed by atoms with van der Waals surface area (Å²) in [4.78, 5) is 1.99. The van der Waals surface area contributed by atoms with E-state index in [0.29, 0.717) is 19.0 Å². The number of aromatic nitrogens is 4. The third-order valence-corrected chi connectivity index (χ3v) is 3.74. The van der Waals surface area contributed by atoms with Gasteiger partial charge in [0.05, 0.1) is 18.8 Å². The van der Waals surface area contributed by atoms with Gasteiger partial charge in [-0.25, -0.2) is 0 Å². The Morgan fingerprint density at radius 1 is 1.21 bits per heavy atom. The molecule has 1 aromatic heterocycles. The quantitative estimate of drug-likeness (QED) is 0.886. The van der Waals surface area contributed by atoms with Crippen molar-refractivity contribution in [1.29, 1.82) is 0 Å². The Morgan fingerprint density at radius 2 is 1.89 bits per heavy atom. The van der Waals surface area contributed by atoms with E-state index in [-0.39, 0.29) is 5.92 Å². The van der Waals surface area contributed by atoms with Crippen LogP contribution in [0, 0.1) is 5.92 Å². The first-order valence-corrected chi connectivity index (χ1v) is 6.41. The fourth-order valence-electron chi connectivity index (χ4n) is 2.24. The molecule has 0 atom stereocenters. The van der Waals surface area contributed by atoms with E-state index in [1.807, 2.05) is 49.1 Å². The van der Waals surface area contributed by atoms with Crippen molar-refractivity contribution >= 4 is 5.95 Å². The van der Waals surface area contributed by atoms with Crippen LogP contribution < -0.4 is 4.90 Å². The van der Waals surface area contributed by atoms with E-state index in [1.54, 1.807) is 4.68 Å². The molecule has 0 spiro atoms. The van der Waals surface area contributed by atoms with Crippen LogP contribution >= 0.6 is 0 Å². The average Bonchev–Trinajstić information content (AvgIpc) is 2.84. The van der Waals surface area contributed by atoms with Crippen molar-refractivity contribution < 1.29 is 5.11 Å². The number of β-amino-alcohol motifs (C(OH)–C–C–N with tert-alkyl or cyclic N) is 1. The Balaban J connectivity index is 1.84. The minimum absolute atomic E-state index is 0.227.